The van der Waals surface area contributed by atoms with Crippen LogP contribution in [-0.2, 0) is 4.74 Å². The smallest absolute Gasteiger partial charge is 0.407 e. The predicted molar refractivity (Wildman–Crippen MR) is 74.2 cm³/mol. The Morgan fingerprint density at radius 1 is 1.53 bits per heavy atom. The van der Waals surface area contributed by atoms with Crippen LogP contribution in [0.5, 0.6) is 5.75 Å². The fraction of sp³-hybridized carbons (Fsp3) is 0.385. The maximum atomic E-state index is 11.3. The molecule has 1 amide bonds. The van der Waals surface area contributed by atoms with Gasteiger partial charge in [-0.2, -0.15) is 0 Å². The molecular formula is C13H17ClN2O3. The molecule has 19 heavy (non-hydrogen) atoms. The van der Waals surface area contributed by atoms with Gasteiger partial charge in [-0.1, -0.05) is 17.7 Å². The maximum absolute atomic E-state index is 11.3. The Kier molecular flexibility index (Phi) is 5.18. The summed E-state index contributed by atoms with van der Waals surface area (Å²) in [5.74, 6) is -0.0642. The number of nitrogens with one attached hydrogen (secondary N) is 1. The van der Waals surface area contributed by atoms with Crippen LogP contribution in [0.1, 0.15) is 26.5 Å². The van der Waals surface area contributed by atoms with Crippen molar-refractivity contribution in [2.75, 3.05) is 6.54 Å². The van der Waals surface area contributed by atoms with Gasteiger partial charge in [0.25, 0.3) is 0 Å². The van der Waals surface area contributed by atoms with Crippen molar-refractivity contribution in [1.29, 1.82) is 0 Å². The lowest BCUT2D eigenvalue weighted by Gasteiger charge is -2.19. The summed E-state index contributed by atoms with van der Waals surface area (Å²) < 4.78 is 5.07. The van der Waals surface area contributed by atoms with E-state index in [1.165, 1.54) is 6.07 Å². The summed E-state index contributed by atoms with van der Waals surface area (Å²) in [4.78, 5) is 15.3. The molecule has 104 valence electrons. The zero-order chi connectivity index (χ0) is 14.5. The first-order chi connectivity index (χ1) is 8.78. The molecule has 5 nitrogen and oxygen atoms in total. The minimum absolute atomic E-state index is 0.0438. The SMILES string of the molecule is CC(C)(C)OC(=O)NCC=Cc1ccc(O)c(Cl)n1. The second-order valence-corrected chi connectivity index (χ2v) is 5.19. The van der Waals surface area contributed by atoms with E-state index in [1.54, 1.807) is 39.0 Å². The highest BCUT2D eigenvalue weighted by molar-refractivity contribution is 6.30. The van der Waals surface area contributed by atoms with Gasteiger partial charge in [0, 0.05) is 6.54 Å². The van der Waals surface area contributed by atoms with E-state index in [2.05, 4.69) is 10.3 Å². The summed E-state index contributed by atoms with van der Waals surface area (Å²) in [5, 5.41) is 11.8. The van der Waals surface area contributed by atoms with Gasteiger partial charge in [-0.3, -0.25) is 0 Å². The summed E-state index contributed by atoms with van der Waals surface area (Å²) in [6.07, 6.45) is 2.91. The fourth-order valence-corrected chi connectivity index (χ4v) is 1.33. The average molecular weight is 285 g/mol. The summed E-state index contributed by atoms with van der Waals surface area (Å²) in [6.45, 7) is 5.70. The van der Waals surface area contributed by atoms with Crippen LogP contribution in [0.25, 0.3) is 6.08 Å². The highest BCUT2D eigenvalue weighted by Gasteiger charge is 2.14. The van der Waals surface area contributed by atoms with E-state index >= 15 is 0 Å². The van der Waals surface area contributed by atoms with Crippen molar-refractivity contribution in [3.63, 3.8) is 0 Å². The third-order valence-electron chi connectivity index (χ3n) is 1.90. The molecule has 0 spiro atoms. The molecular weight excluding hydrogens is 268 g/mol. The summed E-state index contributed by atoms with van der Waals surface area (Å²) >= 11 is 5.66. The molecule has 0 fully saturated rings. The number of pyridine rings is 1. The molecule has 2 N–H and O–H groups in total. The minimum atomic E-state index is -0.514. The number of carbonyl (C=O) groups excluding carboxylic acids is 1. The van der Waals surface area contributed by atoms with E-state index in [-0.39, 0.29) is 10.9 Å². The molecule has 1 heterocycles. The lowest BCUT2D eigenvalue weighted by atomic mass is 10.2. The maximum Gasteiger partial charge on any atom is 0.407 e. The van der Waals surface area contributed by atoms with E-state index in [4.69, 9.17) is 16.3 Å². The van der Waals surface area contributed by atoms with Crippen molar-refractivity contribution in [1.82, 2.24) is 10.3 Å². The Morgan fingerprint density at radius 3 is 2.79 bits per heavy atom. The summed E-state index contributed by atoms with van der Waals surface area (Å²) in [5.41, 5.74) is 0.0774. The molecule has 0 radical (unpaired) electrons. The molecule has 0 unspecified atom stereocenters. The van der Waals surface area contributed by atoms with Crippen LogP contribution in [0.4, 0.5) is 4.79 Å². The van der Waals surface area contributed by atoms with Gasteiger partial charge in [0.1, 0.15) is 5.60 Å². The number of hydrogen-bond donors (Lipinski definition) is 2. The van der Waals surface area contributed by atoms with Gasteiger partial charge in [0.2, 0.25) is 0 Å². The first-order valence-electron chi connectivity index (χ1n) is 5.77. The summed E-state index contributed by atoms with van der Waals surface area (Å²) in [6, 6.07) is 3.07. The van der Waals surface area contributed by atoms with Crippen molar-refractivity contribution in [2.45, 2.75) is 26.4 Å². The molecule has 0 bridgehead atoms. The van der Waals surface area contributed by atoms with Gasteiger partial charge in [-0.05, 0) is 39.0 Å². The molecule has 1 rings (SSSR count). The number of alkyl carbamates (subject to hydrolysis) is 1. The van der Waals surface area contributed by atoms with Crippen LogP contribution in [0.15, 0.2) is 18.2 Å². The van der Waals surface area contributed by atoms with E-state index in [1.807, 2.05) is 0 Å². The molecule has 0 aliphatic rings. The third kappa shape index (κ3) is 6.10. The molecule has 1 aromatic heterocycles. The highest BCUT2D eigenvalue weighted by Crippen LogP contribution is 2.20. The fourth-order valence-electron chi connectivity index (χ4n) is 1.17. The second kappa shape index (κ2) is 6.43. The quantitative estimate of drug-likeness (QED) is 0.837. The van der Waals surface area contributed by atoms with Gasteiger partial charge in [-0.25, -0.2) is 9.78 Å². The molecule has 0 aliphatic carbocycles. The number of carbonyl (C=O) groups is 1. The van der Waals surface area contributed by atoms with Crippen LogP contribution in [0.2, 0.25) is 5.15 Å². The first-order valence-corrected chi connectivity index (χ1v) is 6.14. The van der Waals surface area contributed by atoms with Crippen molar-refractivity contribution >= 4 is 23.8 Å². The molecule has 0 aliphatic heterocycles. The monoisotopic (exact) mass is 284 g/mol. The Hall–Kier alpha value is -1.75. The van der Waals surface area contributed by atoms with Gasteiger partial charge in [-0.15, -0.1) is 0 Å². The van der Waals surface area contributed by atoms with Crippen LogP contribution >= 0.6 is 11.6 Å². The van der Waals surface area contributed by atoms with E-state index in [9.17, 15) is 9.90 Å². The van der Waals surface area contributed by atoms with Crippen molar-refractivity contribution in [2.24, 2.45) is 0 Å². The zero-order valence-corrected chi connectivity index (χ0v) is 11.9. The average Bonchev–Trinajstić information content (AvgIpc) is 2.27. The number of aromatic hydroxyl groups is 1. The van der Waals surface area contributed by atoms with Crippen LogP contribution in [0, 0.1) is 0 Å². The van der Waals surface area contributed by atoms with E-state index < -0.39 is 11.7 Å². The highest BCUT2D eigenvalue weighted by atomic mass is 35.5. The standard InChI is InChI=1S/C13H17ClN2O3/c1-13(2,3)19-12(18)15-8-4-5-9-6-7-10(17)11(14)16-9/h4-7,17H,8H2,1-3H3,(H,15,18). The second-order valence-electron chi connectivity index (χ2n) is 4.83. The predicted octanol–water partition coefficient (Wildman–Crippen LogP) is 2.98. The number of rotatable bonds is 3. The van der Waals surface area contributed by atoms with E-state index in [0.29, 0.717) is 12.2 Å². The lowest BCUT2D eigenvalue weighted by Crippen LogP contribution is -2.32. The normalized spacial score (nSPS) is 11.6. The molecule has 0 saturated carbocycles. The van der Waals surface area contributed by atoms with Gasteiger partial charge in [0.15, 0.2) is 10.9 Å². The molecule has 0 saturated heterocycles. The van der Waals surface area contributed by atoms with Crippen LogP contribution in [0.3, 0.4) is 0 Å². The lowest BCUT2D eigenvalue weighted by molar-refractivity contribution is 0.0534. The van der Waals surface area contributed by atoms with Crippen molar-refractivity contribution in [3.05, 3.63) is 29.1 Å². The molecule has 6 heteroatoms. The largest absolute Gasteiger partial charge is 0.505 e. The van der Waals surface area contributed by atoms with Crippen molar-refractivity contribution in [3.8, 4) is 5.75 Å². The topological polar surface area (TPSA) is 71.5 Å². The number of amides is 1. The van der Waals surface area contributed by atoms with Crippen LogP contribution < -0.4 is 5.32 Å². The number of hydrogen-bond acceptors (Lipinski definition) is 4. The number of halogens is 1. The number of aromatic nitrogens is 1. The van der Waals surface area contributed by atoms with Gasteiger partial charge >= 0.3 is 6.09 Å². The minimum Gasteiger partial charge on any atom is -0.505 e. The Bertz CT molecular complexity index is 481. The first kappa shape index (κ1) is 15.3. The van der Waals surface area contributed by atoms with Crippen LogP contribution in [-0.4, -0.2) is 28.3 Å². The molecule has 1 aromatic rings. The third-order valence-corrected chi connectivity index (χ3v) is 2.18. The van der Waals surface area contributed by atoms with Crippen molar-refractivity contribution < 1.29 is 14.6 Å². The number of nitrogens with zero attached hydrogens (tertiary/aromatic N) is 1. The summed E-state index contributed by atoms with van der Waals surface area (Å²) in [7, 11) is 0. The van der Waals surface area contributed by atoms with Gasteiger partial charge in [0.05, 0.1) is 5.69 Å². The van der Waals surface area contributed by atoms with Gasteiger partial charge < -0.3 is 15.2 Å². The van der Waals surface area contributed by atoms with E-state index in [0.717, 1.165) is 0 Å². The Labute approximate surface area is 117 Å². The molecule has 0 aromatic carbocycles. The molecule has 0 atom stereocenters. The number of ether oxygens (including phenoxy) is 1. The Balaban J connectivity index is 2.42. The zero-order valence-electron chi connectivity index (χ0n) is 11.1. The Morgan fingerprint density at radius 2 is 2.21 bits per heavy atom.